The Morgan fingerprint density at radius 1 is 1.11 bits per heavy atom. The number of benzene rings is 2. The van der Waals surface area contributed by atoms with E-state index in [1.165, 1.54) is 18.2 Å². The topological polar surface area (TPSA) is 46.2 Å². The van der Waals surface area contributed by atoms with Crippen LogP contribution in [0.15, 0.2) is 48.5 Å². The largest absolute Gasteiger partial charge is 0.283 e. The fourth-order valence-electron chi connectivity index (χ4n) is 1.57. The summed E-state index contributed by atoms with van der Waals surface area (Å²) in [6.07, 6.45) is 0. The van der Waals surface area contributed by atoms with Crippen molar-refractivity contribution in [3.63, 3.8) is 0 Å². The highest BCUT2D eigenvalue weighted by Gasteiger charge is 2.12. The summed E-state index contributed by atoms with van der Waals surface area (Å²) in [5, 5.41) is 0.541. The van der Waals surface area contributed by atoms with Crippen molar-refractivity contribution in [2.75, 3.05) is 4.72 Å². The first kappa shape index (κ1) is 13.8. The summed E-state index contributed by atoms with van der Waals surface area (Å²) in [7, 11) is -3.58. The minimum absolute atomic E-state index is 0.194. The van der Waals surface area contributed by atoms with Crippen molar-refractivity contribution in [1.29, 1.82) is 0 Å². The van der Waals surface area contributed by atoms with Crippen LogP contribution in [0.3, 0.4) is 0 Å². The summed E-state index contributed by atoms with van der Waals surface area (Å²) < 4.78 is 39.1. The van der Waals surface area contributed by atoms with E-state index in [2.05, 4.69) is 4.72 Å². The van der Waals surface area contributed by atoms with Gasteiger partial charge in [0.25, 0.3) is 0 Å². The average molecular weight is 300 g/mol. The maximum Gasteiger partial charge on any atom is 0.236 e. The zero-order valence-corrected chi connectivity index (χ0v) is 11.4. The Morgan fingerprint density at radius 2 is 1.79 bits per heavy atom. The molecule has 3 nitrogen and oxygen atoms in total. The minimum atomic E-state index is -3.58. The zero-order chi connectivity index (χ0) is 13.9. The summed E-state index contributed by atoms with van der Waals surface area (Å²) in [6, 6.07) is 11.8. The van der Waals surface area contributed by atoms with Crippen molar-refractivity contribution < 1.29 is 12.8 Å². The van der Waals surface area contributed by atoms with E-state index in [0.717, 1.165) is 6.07 Å². The molecule has 0 saturated carbocycles. The Bertz CT molecular complexity index is 671. The van der Waals surface area contributed by atoms with Crippen LogP contribution in [-0.2, 0) is 15.8 Å². The van der Waals surface area contributed by atoms with Gasteiger partial charge in [-0.25, -0.2) is 12.8 Å². The lowest BCUT2D eigenvalue weighted by atomic mass is 10.2. The van der Waals surface area contributed by atoms with Crippen LogP contribution >= 0.6 is 11.6 Å². The first-order chi connectivity index (χ1) is 8.94. The molecule has 0 aliphatic heterocycles. The predicted molar refractivity (Wildman–Crippen MR) is 74.1 cm³/mol. The third-order valence-electron chi connectivity index (χ3n) is 2.37. The summed E-state index contributed by atoms with van der Waals surface area (Å²) >= 11 is 5.72. The van der Waals surface area contributed by atoms with Crippen molar-refractivity contribution in [1.82, 2.24) is 0 Å². The average Bonchev–Trinajstić information content (AvgIpc) is 2.31. The van der Waals surface area contributed by atoms with Crippen LogP contribution in [0.4, 0.5) is 10.1 Å². The van der Waals surface area contributed by atoms with Gasteiger partial charge in [-0.1, -0.05) is 29.8 Å². The lowest BCUT2D eigenvalue weighted by Gasteiger charge is -2.08. The second kappa shape index (κ2) is 5.59. The quantitative estimate of drug-likeness (QED) is 0.940. The van der Waals surface area contributed by atoms with Crippen LogP contribution in [0.5, 0.6) is 0 Å². The Hall–Kier alpha value is -1.59. The molecule has 2 rings (SSSR count). The molecule has 19 heavy (non-hydrogen) atoms. The van der Waals surface area contributed by atoms with E-state index in [9.17, 15) is 12.8 Å². The Morgan fingerprint density at radius 3 is 2.42 bits per heavy atom. The second-order valence-corrected chi connectivity index (χ2v) is 6.16. The minimum Gasteiger partial charge on any atom is -0.283 e. The molecular formula is C13H11ClFNO2S. The fourth-order valence-corrected chi connectivity index (χ4v) is 2.88. The Labute approximate surface area is 116 Å². The van der Waals surface area contributed by atoms with Gasteiger partial charge in [-0.2, -0.15) is 0 Å². The van der Waals surface area contributed by atoms with E-state index in [0.29, 0.717) is 10.6 Å². The maximum atomic E-state index is 13.0. The second-order valence-electron chi connectivity index (χ2n) is 4.00. The van der Waals surface area contributed by atoms with E-state index in [1.807, 2.05) is 0 Å². The van der Waals surface area contributed by atoms with Crippen LogP contribution in [0.25, 0.3) is 0 Å². The van der Waals surface area contributed by atoms with E-state index >= 15 is 0 Å². The molecule has 6 heteroatoms. The van der Waals surface area contributed by atoms with E-state index < -0.39 is 15.8 Å². The monoisotopic (exact) mass is 299 g/mol. The molecule has 0 unspecified atom stereocenters. The van der Waals surface area contributed by atoms with Gasteiger partial charge in [-0.3, -0.25) is 4.72 Å². The summed E-state index contributed by atoms with van der Waals surface area (Å²) in [4.78, 5) is 0. The highest BCUT2D eigenvalue weighted by atomic mass is 35.5. The lowest BCUT2D eigenvalue weighted by molar-refractivity contribution is 0.600. The normalized spacial score (nSPS) is 11.3. The van der Waals surface area contributed by atoms with Crippen LogP contribution in [0.1, 0.15) is 5.56 Å². The van der Waals surface area contributed by atoms with Crippen LogP contribution in [0.2, 0.25) is 5.02 Å². The Balaban J connectivity index is 2.13. The van der Waals surface area contributed by atoms with Gasteiger partial charge in [0, 0.05) is 5.02 Å². The van der Waals surface area contributed by atoms with Gasteiger partial charge in [0.2, 0.25) is 10.0 Å². The number of sulfonamides is 1. The molecule has 0 saturated heterocycles. The Kier molecular flexibility index (Phi) is 4.07. The zero-order valence-electron chi connectivity index (χ0n) is 9.81. The van der Waals surface area contributed by atoms with Crippen molar-refractivity contribution in [3.05, 3.63) is 64.9 Å². The van der Waals surface area contributed by atoms with Gasteiger partial charge in [-0.15, -0.1) is 0 Å². The van der Waals surface area contributed by atoms with Gasteiger partial charge in [-0.05, 0) is 35.9 Å². The van der Waals surface area contributed by atoms with E-state index in [4.69, 9.17) is 11.6 Å². The van der Waals surface area contributed by atoms with Crippen LogP contribution in [0, 0.1) is 5.82 Å². The number of anilines is 1. The smallest absolute Gasteiger partial charge is 0.236 e. The third kappa shape index (κ3) is 4.22. The maximum absolute atomic E-state index is 13.0. The molecule has 0 amide bonds. The van der Waals surface area contributed by atoms with E-state index in [-0.39, 0.29) is 11.4 Å². The van der Waals surface area contributed by atoms with Crippen molar-refractivity contribution >= 4 is 27.3 Å². The molecule has 0 fully saturated rings. The molecule has 2 aromatic carbocycles. The van der Waals surface area contributed by atoms with Crippen LogP contribution in [-0.4, -0.2) is 8.42 Å². The van der Waals surface area contributed by atoms with Gasteiger partial charge < -0.3 is 0 Å². The predicted octanol–water partition coefficient (Wildman–Crippen LogP) is 3.42. The van der Waals surface area contributed by atoms with Crippen molar-refractivity contribution in [2.24, 2.45) is 0 Å². The molecule has 2 aromatic rings. The highest BCUT2D eigenvalue weighted by Crippen LogP contribution is 2.15. The SMILES string of the molecule is O=S(=O)(Cc1ccc(Cl)cc1)Nc1cccc(F)c1. The van der Waals surface area contributed by atoms with Gasteiger partial charge >= 0.3 is 0 Å². The molecule has 100 valence electrons. The molecule has 0 aromatic heterocycles. The van der Waals surface area contributed by atoms with Gasteiger partial charge in [0.1, 0.15) is 5.82 Å². The first-order valence-corrected chi connectivity index (χ1v) is 7.48. The van der Waals surface area contributed by atoms with Crippen molar-refractivity contribution in [3.8, 4) is 0 Å². The van der Waals surface area contributed by atoms with Gasteiger partial charge in [0.15, 0.2) is 0 Å². The standard InChI is InChI=1S/C13H11ClFNO2S/c14-11-6-4-10(5-7-11)9-19(17,18)16-13-3-1-2-12(15)8-13/h1-8,16H,9H2. The molecule has 0 bridgehead atoms. The fraction of sp³-hybridized carbons (Fsp3) is 0.0769. The summed E-state index contributed by atoms with van der Waals surface area (Å²) in [5.74, 6) is -0.688. The first-order valence-electron chi connectivity index (χ1n) is 5.45. The molecule has 0 spiro atoms. The van der Waals surface area contributed by atoms with E-state index in [1.54, 1.807) is 24.3 Å². The molecular weight excluding hydrogens is 289 g/mol. The van der Waals surface area contributed by atoms with Gasteiger partial charge in [0.05, 0.1) is 11.4 Å². The number of nitrogens with one attached hydrogen (secondary N) is 1. The van der Waals surface area contributed by atoms with Crippen LogP contribution < -0.4 is 4.72 Å². The molecule has 0 heterocycles. The molecule has 0 aliphatic rings. The highest BCUT2D eigenvalue weighted by molar-refractivity contribution is 7.91. The third-order valence-corrected chi connectivity index (χ3v) is 3.88. The number of halogens is 2. The summed E-state index contributed by atoms with van der Waals surface area (Å²) in [5.41, 5.74) is 0.808. The molecule has 0 atom stereocenters. The number of hydrogen-bond acceptors (Lipinski definition) is 2. The molecule has 0 aliphatic carbocycles. The lowest BCUT2D eigenvalue weighted by Crippen LogP contribution is -2.15. The molecule has 1 N–H and O–H groups in total. The van der Waals surface area contributed by atoms with Crippen molar-refractivity contribution in [2.45, 2.75) is 5.75 Å². The number of hydrogen-bond donors (Lipinski definition) is 1. The number of rotatable bonds is 4. The summed E-state index contributed by atoms with van der Waals surface area (Å²) in [6.45, 7) is 0. The molecule has 0 radical (unpaired) electrons.